The second kappa shape index (κ2) is 7.04. The van der Waals surface area contributed by atoms with Gasteiger partial charge in [-0.05, 0) is 31.8 Å². The van der Waals surface area contributed by atoms with Gasteiger partial charge in [0, 0.05) is 18.7 Å². The number of likely N-dealkylation sites (tertiary alicyclic amines) is 1. The number of carbonyl (C=O) groups excluding carboxylic acids is 1. The van der Waals surface area contributed by atoms with E-state index in [-0.39, 0.29) is 5.91 Å². The molecular weight excluding hydrogens is 198 g/mol. The molecule has 0 saturated carbocycles. The summed E-state index contributed by atoms with van der Waals surface area (Å²) in [6.07, 6.45) is 14.6. The maximum atomic E-state index is 11.6. The summed E-state index contributed by atoms with van der Waals surface area (Å²) in [6, 6.07) is 0.372. The lowest BCUT2D eigenvalue weighted by atomic mass is 10.1. The Morgan fingerprint density at radius 1 is 1.50 bits per heavy atom. The smallest absolute Gasteiger partial charge is 0.226 e. The van der Waals surface area contributed by atoms with Gasteiger partial charge in [0.05, 0.1) is 0 Å². The van der Waals surface area contributed by atoms with Gasteiger partial charge in [-0.3, -0.25) is 4.79 Å². The van der Waals surface area contributed by atoms with Crippen molar-refractivity contribution in [3.05, 3.63) is 37.1 Å². The molecule has 0 N–H and O–H groups in total. The highest BCUT2D eigenvalue weighted by Gasteiger charge is 2.28. The van der Waals surface area contributed by atoms with Gasteiger partial charge in [0.2, 0.25) is 5.91 Å². The van der Waals surface area contributed by atoms with E-state index in [1.165, 1.54) is 0 Å². The van der Waals surface area contributed by atoms with Crippen LogP contribution < -0.4 is 0 Å². The average Bonchev–Trinajstić information content (AvgIpc) is 2.63. The molecule has 0 aromatic heterocycles. The van der Waals surface area contributed by atoms with Gasteiger partial charge in [0.15, 0.2) is 0 Å². The third-order valence-electron chi connectivity index (χ3n) is 2.81. The number of hydrogen-bond donors (Lipinski definition) is 0. The molecule has 1 aliphatic heterocycles. The Balaban J connectivity index is 2.52. The summed E-state index contributed by atoms with van der Waals surface area (Å²) in [5, 5.41) is 0. The predicted molar refractivity (Wildman–Crippen MR) is 67.9 cm³/mol. The first kappa shape index (κ1) is 12.8. The van der Waals surface area contributed by atoms with Crippen molar-refractivity contribution in [1.82, 2.24) is 4.90 Å². The van der Waals surface area contributed by atoms with Crippen LogP contribution in [-0.2, 0) is 4.79 Å². The maximum absolute atomic E-state index is 11.6. The molecule has 88 valence electrons. The van der Waals surface area contributed by atoms with Gasteiger partial charge in [-0.25, -0.2) is 0 Å². The summed E-state index contributed by atoms with van der Waals surface area (Å²) in [4.78, 5) is 13.5. The highest BCUT2D eigenvalue weighted by molar-refractivity contribution is 5.79. The van der Waals surface area contributed by atoms with Crippen LogP contribution in [0.3, 0.4) is 0 Å². The van der Waals surface area contributed by atoms with Crippen LogP contribution >= 0.6 is 0 Å². The molecule has 1 heterocycles. The first-order chi connectivity index (χ1) is 7.79. The van der Waals surface area contributed by atoms with E-state index in [1.54, 1.807) is 0 Å². The van der Waals surface area contributed by atoms with Crippen LogP contribution in [0.4, 0.5) is 0 Å². The standard InChI is InChI=1S/C14H21NO/c1-3-5-7-8-12-15-13(9-6-4-2)10-11-14(15)16/h4-5,7-8,12-13H,2-3,6,9-11H2,1H3/b7-5+,12-8+. The quantitative estimate of drug-likeness (QED) is 0.495. The van der Waals surface area contributed by atoms with E-state index in [0.29, 0.717) is 12.5 Å². The molecule has 16 heavy (non-hydrogen) atoms. The molecule has 1 fully saturated rings. The molecule has 1 rings (SSSR count). The maximum Gasteiger partial charge on any atom is 0.226 e. The summed E-state index contributed by atoms with van der Waals surface area (Å²) in [5.41, 5.74) is 0. The monoisotopic (exact) mass is 219 g/mol. The van der Waals surface area contributed by atoms with Crippen molar-refractivity contribution in [2.75, 3.05) is 0 Å². The molecule has 0 radical (unpaired) electrons. The van der Waals surface area contributed by atoms with Gasteiger partial charge in [0.1, 0.15) is 0 Å². The Morgan fingerprint density at radius 2 is 2.31 bits per heavy atom. The van der Waals surface area contributed by atoms with Crippen molar-refractivity contribution in [3.8, 4) is 0 Å². The van der Waals surface area contributed by atoms with Crippen molar-refractivity contribution < 1.29 is 4.79 Å². The summed E-state index contributed by atoms with van der Waals surface area (Å²) in [5.74, 6) is 0.246. The number of rotatable bonds is 6. The van der Waals surface area contributed by atoms with E-state index in [0.717, 1.165) is 25.7 Å². The summed E-state index contributed by atoms with van der Waals surface area (Å²) >= 11 is 0. The molecule has 1 saturated heterocycles. The van der Waals surface area contributed by atoms with Crippen LogP contribution in [0, 0.1) is 0 Å². The zero-order valence-electron chi connectivity index (χ0n) is 10.1. The van der Waals surface area contributed by atoms with Crippen LogP contribution in [0.25, 0.3) is 0 Å². The topological polar surface area (TPSA) is 20.3 Å². The Kier molecular flexibility index (Phi) is 5.62. The lowest BCUT2D eigenvalue weighted by Gasteiger charge is -2.19. The third-order valence-corrected chi connectivity index (χ3v) is 2.81. The Bertz CT molecular complexity index is 291. The van der Waals surface area contributed by atoms with Gasteiger partial charge in [-0.1, -0.05) is 25.2 Å². The average molecular weight is 219 g/mol. The summed E-state index contributed by atoms with van der Waals surface area (Å²) in [6.45, 7) is 5.82. The first-order valence-electron chi connectivity index (χ1n) is 6.05. The van der Waals surface area contributed by atoms with Crippen molar-refractivity contribution in [1.29, 1.82) is 0 Å². The Morgan fingerprint density at radius 3 is 3.00 bits per heavy atom. The second-order valence-corrected chi connectivity index (χ2v) is 4.04. The van der Waals surface area contributed by atoms with Crippen molar-refractivity contribution in [2.45, 2.75) is 45.1 Å². The van der Waals surface area contributed by atoms with Crippen molar-refractivity contribution >= 4 is 5.91 Å². The van der Waals surface area contributed by atoms with E-state index < -0.39 is 0 Å². The molecule has 0 spiro atoms. The van der Waals surface area contributed by atoms with Crippen LogP contribution in [-0.4, -0.2) is 16.8 Å². The fourth-order valence-corrected chi connectivity index (χ4v) is 1.92. The molecule has 1 unspecified atom stereocenters. The van der Waals surface area contributed by atoms with Gasteiger partial charge >= 0.3 is 0 Å². The lowest BCUT2D eigenvalue weighted by molar-refractivity contribution is -0.126. The molecular formula is C14H21NO. The van der Waals surface area contributed by atoms with Gasteiger partial charge in [-0.2, -0.15) is 0 Å². The fraction of sp³-hybridized carbons (Fsp3) is 0.500. The molecule has 0 aliphatic carbocycles. The molecule has 0 aromatic rings. The zero-order valence-corrected chi connectivity index (χ0v) is 10.1. The minimum absolute atomic E-state index is 0.246. The molecule has 1 amide bonds. The number of hydrogen-bond acceptors (Lipinski definition) is 1. The van der Waals surface area contributed by atoms with Crippen LogP contribution in [0.1, 0.15) is 39.0 Å². The van der Waals surface area contributed by atoms with E-state index in [9.17, 15) is 4.79 Å². The van der Waals surface area contributed by atoms with Crippen LogP contribution in [0.2, 0.25) is 0 Å². The van der Waals surface area contributed by atoms with Crippen molar-refractivity contribution in [3.63, 3.8) is 0 Å². The lowest BCUT2D eigenvalue weighted by Crippen LogP contribution is -2.27. The summed E-state index contributed by atoms with van der Waals surface area (Å²) < 4.78 is 0. The van der Waals surface area contributed by atoms with E-state index in [4.69, 9.17) is 0 Å². The minimum Gasteiger partial charge on any atom is -0.316 e. The zero-order chi connectivity index (χ0) is 11.8. The number of nitrogens with zero attached hydrogens (tertiary/aromatic N) is 1. The first-order valence-corrected chi connectivity index (χ1v) is 6.05. The Hall–Kier alpha value is -1.31. The molecule has 2 heteroatoms. The van der Waals surface area contributed by atoms with Gasteiger partial charge in [-0.15, -0.1) is 6.58 Å². The Labute approximate surface area is 98.3 Å². The van der Waals surface area contributed by atoms with Gasteiger partial charge < -0.3 is 4.90 Å². The number of carbonyl (C=O) groups is 1. The van der Waals surface area contributed by atoms with E-state index in [2.05, 4.69) is 19.6 Å². The second-order valence-electron chi connectivity index (χ2n) is 4.04. The van der Waals surface area contributed by atoms with E-state index >= 15 is 0 Å². The molecule has 1 atom stereocenters. The van der Waals surface area contributed by atoms with Gasteiger partial charge in [0.25, 0.3) is 0 Å². The molecule has 0 aromatic carbocycles. The summed E-state index contributed by atoms with van der Waals surface area (Å²) in [7, 11) is 0. The minimum atomic E-state index is 0.246. The number of amides is 1. The third kappa shape index (κ3) is 3.69. The molecule has 1 aliphatic rings. The highest BCUT2D eigenvalue weighted by Crippen LogP contribution is 2.22. The normalized spacial score (nSPS) is 21.4. The van der Waals surface area contributed by atoms with Crippen LogP contribution in [0.5, 0.6) is 0 Å². The fourth-order valence-electron chi connectivity index (χ4n) is 1.92. The van der Waals surface area contributed by atoms with Crippen LogP contribution in [0.15, 0.2) is 37.1 Å². The molecule has 2 nitrogen and oxygen atoms in total. The SMILES string of the molecule is C=CCCC1CCC(=O)N1/C=C/C=C/CC. The van der Waals surface area contributed by atoms with E-state index in [1.807, 2.05) is 29.3 Å². The number of allylic oxidation sites excluding steroid dienone is 4. The van der Waals surface area contributed by atoms with Crippen molar-refractivity contribution in [2.24, 2.45) is 0 Å². The molecule has 0 bridgehead atoms. The predicted octanol–water partition coefficient (Wildman–Crippen LogP) is 3.42. The largest absolute Gasteiger partial charge is 0.316 e. The highest BCUT2D eigenvalue weighted by atomic mass is 16.2.